The van der Waals surface area contributed by atoms with E-state index in [1.165, 1.54) is 5.01 Å². The summed E-state index contributed by atoms with van der Waals surface area (Å²) in [6.07, 6.45) is 0.338. The van der Waals surface area contributed by atoms with E-state index in [1.54, 1.807) is 0 Å². The summed E-state index contributed by atoms with van der Waals surface area (Å²) in [4.78, 5) is 11.6. The average Bonchev–Trinajstić information content (AvgIpc) is 2.61. The van der Waals surface area contributed by atoms with Gasteiger partial charge in [0.05, 0.1) is 17.8 Å². The van der Waals surface area contributed by atoms with Crippen LogP contribution in [0.2, 0.25) is 0 Å². The van der Waals surface area contributed by atoms with Crippen LogP contribution < -0.4 is 10.7 Å². The molecule has 0 bridgehead atoms. The van der Waals surface area contributed by atoms with Crippen molar-refractivity contribution >= 4 is 17.3 Å². The first-order chi connectivity index (χ1) is 7.20. The van der Waals surface area contributed by atoms with E-state index >= 15 is 0 Å². The van der Waals surface area contributed by atoms with Gasteiger partial charge in [0.1, 0.15) is 0 Å². The molecule has 0 saturated heterocycles. The zero-order chi connectivity index (χ0) is 10.8. The van der Waals surface area contributed by atoms with Crippen LogP contribution in [0.5, 0.6) is 0 Å². The van der Waals surface area contributed by atoms with Crippen molar-refractivity contribution in [3.05, 3.63) is 29.8 Å². The molecule has 0 aromatic heterocycles. The molecule has 0 saturated carbocycles. The molecule has 0 fully saturated rings. The van der Waals surface area contributed by atoms with Crippen LogP contribution in [-0.4, -0.2) is 18.2 Å². The largest absolute Gasteiger partial charge is 0.325 e. The van der Waals surface area contributed by atoms with Crippen LogP contribution in [0, 0.1) is 6.92 Å². The number of hydrazone groups is 1. The number of amides is 1. The minimum Gasteiger partial charge on any atom is -0.325 e. The van der Waals surface area contributed by atoms with Gasteiger partial charge in [-0.1, -0.05) is 17.7 Å². The number of hydrogen-bond acceptors (Lipinski definition) is 3. The van der Waals surface area contributed by atoms with E-state index in [2.05, 4.69) is 5.10 Å². The summed E-state index contributed by atoms with van der Waals surface area (Å²) < 4.78 is 0. The number of anilines is 1. The van der Waals surface area contributed by atoms with Crippen LogP contribution in [0.15, 0.2) is 29.4 Å². The minimum absolute atomic E-state index is 0.0145. The van der Waals surface area contributed by atoms with Gasteiger partial charge in [-0.15, -0.1) is 0 Å². The molecule has 2 N–H and O–H groups in total. The number of carbonyl (C=O) groups excluding carboxylic acids is 1. The van der Waals surface area contributed by atoms with Crippen LogP contribution in [0.25, 0.3) is 0 Å². The summed E-state index contributed by atoms with van der Waals surface area (Å²) in [7, 11) is 0. The molecule has 1 heterocycles. The molecule has 0 unspecified atom stereocenters. The fourth-order valence-electron chi connectivity index (χ4n) is 1.48. The van der Waals surface area contributed by atoms with E-state index in [-0.39, 0.29) is 5.91 Å². The van der Waals surface area contributed by atoms with Gasteiger partial charge >= 0.3 is 0 Å². The minimum atomic E-state index is -0.0145. The monoisotopic (exact) mass is 203 g/mol. The third-order valence-corrected chi connectivity index (χ3v) is 2.35. The molecule has 1 aliphatic heterocycles. The van der Waals surface area contributed by atoms with Crippen molar-refractivity contribution in [2.45, 2.75) is 13.3 Å². The predicted octanol–water partition coefficient (Wildman–Crippen LogP) is 1.05. The van der Waals surface area contributed by atoms with E-state index in [9.17, 15) is 4.79 Å². The van der Waals surface area contributed by atoms with Crippen LogP contribution in [0.1, 0.15) is 12.0 Å². The number of nitrogens with zero attached hydrogens (tertiary/aromatic N) is 2. The molecule has 4 heteroatoms. The van der Waals surface area contributed by atoms with Crippen LogP contribution in [0.4, 0.5) is 5.69 Å². The van der Waals surface area contributed by atoms with Crippen LogP contribution in [0.3, 0.4) is 0 Å². The lowest BCUT2D eigenvalue weighted by molar-refractivity contribution is -0.116. The number of benzene rings is 1. The Morgan fingerprint density at radius 1 is 1.40 bits per heavy atom. The normalized spacial score (nSPS) is 15.7. The second kappa shape index (κ2) is 3.82. The molecule has 2 rings (SSSR count). The lowest BCUT2D eigenvalue weighted by Crippen LogP contribution is -2.19. The zero-order valence-corrected chi connectivity index (χ0v) is 8.60. The summed E-state index contributed by atoms with van der Waals surface area (Å²) in [5, 5.41) is 5.58. The Hall–Kier alpha value is -1.68. The Morgan fingerprint density at radius 3 is 2.60 bits per heavy atom. The van der Waals surface area contributed by atoms with Gasteiger partial charge in [-0.2, -0.15) is 5.10 Å². The number of hydrogen-bond donors (Lipinski definition) is 1. The van der Waals surface area contributed by atoms with Crippen LogP contribution >= 0.6 is 0 Å². The molecule has 0 aliphatic carbocycles. The number of rotatable bonds is 2. The van der Waals surface area contributed by atoms with Gasteiger partial charge in [0.15, 0.2) is 0 Å². The van der Waals surface area contributed by atoms with E-state index in [0.717, 1.165) is 17.0 Å². The molecule has 0 atom stereocenters. The van der Waals surface area contributed by atoms with Crippen molar-refractivity contribution in [2.24, 2.45) is 10.8 Å². The average molecular weight is 203 g/mol. The standard InChI is InChI=1S/C11H13N3O/c1-8-2-4-10(5-3-8)14-11(15)6-9(7-12)13-14/h2-5H,6-7,12H2,1H3. The highest BCUT2D eigenvalue weighted by molar-refractivity contribution is 6.13. The molecule has 1 aromatic carbocycles. The van der Waals surface area contributed by atoms with E-state index in [4.69, 9.17) is 5.73 Å². The molecule has 0 radical (unpaired) electrons. The molecule has 15 heavy (non-hydrogen) atoms. The summed E-state index contributed by atoms with van der Waals surface area (Å²) in [6, 6.07) is 7.68. The second-order valence-electron chi connectivity index (χ2n) is 3.59. The summed E-state index contributed by atoms with van der Waals surface area (Å²) in [5.41, 5.74) is 8.15. The Labute approximate surface area is 88.4 Å². The van der Waals surface area contributed by atoms with Crippen molar-refractivity contribution in [3.8, 4) is 0 Å². The maximum absolute atomic E-state index is 11.6. The van der Waals surface area contributed by atoms with Gasteiger partial charge in [0.2, 0.25) is 0 Å². The quantitative estimate of drug-likeness (QED) is 0.780. The zero-order valence-electron chi connectivity index (χ0n) is 8.60. The van der Waals surface area contributed by atoms with Crippen molar-refractivity contribution in [1.82, 2.24) is 0 Å². The molecule has 1 amide bonds. The Morgan fingerprint density at radius 2 is 2.07 bits per heavy atom. The molecular formula is C11H13N3O. The lowest BCUT2D eigenvalue weighted by atomic mass is 10.2. The third-order valence-electron chi connectivity index (χ3n) is 2.35. The molecule has 0 spiro atoms. The van der Waals surface area contributed by atoms with Gasteiger partial charge in [-0.05, 0) is 19.1 Å². The first-order valence-electron chi connectivity index (χ1n) is 4.87. The predicted molar refractivity (Wildman–Crippen MR) is 59.8 cm³/mol. The topological polar surface area (TPSA) is 58.7 Å². The van der Waals surface area contributed by atoms with Crippen molar-refractivity contribution in [1.29, 1.82) is 0 Å². The summed E-state index contributed by atoms with van der Waals surface area (Å²) in [5.74, 6) is -0.0145. The second-order valence-corrected chi connectivity index (χ2v) is 3.59. The Balaban J connectivity index is 2.28. The molecule has 78 valence electrons. The summed E-state index contributed by atoms with van der Waals surface area (Å²) >= 11 is 0. The smallest absolute Gasteiger partial charge is 0.253 e. The Kier molecular flexibility index (Phi) is 2.51. The highest BCUT2D eigenvalue weighted by Gasteiger charge is 2.23. The van der Waals surface area contributed by atoms with Gasteiger partial charge in [-0.25, -0.2) is 5.01 Å². The molecular weight excluding hydrogens is 190 g/mol. The Bertz CT molecular complexity index is 408. The fraction of sp³-hybridized carbons (Fsp3) is 0.273. The number of nitrogens with two attached hydrogens (primary N) is 1. The van der Waals surface area contributed by atoms with E-state index < -0.39 is 0 Å². The lowest BCUT2D eigenvalue weighted by Gasteiger charge is -2.11. The SMILES string of the molecule is Cc1ccc(N2N=C(CN)CC2=O)cc1. The van der Waals surface area contributed by atoms with E-state index in [1.807, 2.05) is 31.2 Å². The molecule has 1 aromatic rings. The van der Waals surface area contributed by atoms with Crippen molar-refractivity contribution in [3.63, 3.8) is 0 Å². The fourth-order valence-corrected chi connectivity index (χ4v) is 1.48. The third kappa shape index (κ3) is 1.89. The maximum atomic E-state index is 11.6. The van der Waals surface area contributed by atoms with Gasteiger partial charge in [0.25, 0.3) is 5.91 Å². The molecule has 1 aliphatic rings. The highest BCUT2D eigenvalue weighted by atomic mass is 16.2. The first-order valence-corrected chi connectivity index (χ1v) is 4.87. The number of carbonyl (C=O) groups is 1. The summed E-state index contributed by atoms with van der Waals surface area (Å²) in [6.45, 7) is 2.35. The van der Waals surface area contributed by atoms with E-state index in [0.29, 0.717) is 13.0 Å². The maximum Gasteiger partial charge on any atom is 0.253 e. The van der Waals surface area contributed by atoms with Crippen molar-refractivity contribution in [2.75, 3.05) is 11.6 Å². The number of aryl methyl sites for hydroxylation is 1. The highest BCUT2D eigenvalue weighted by Crippen LogP contribution is 2.20. The van der Waals surface area contributed by atoms with Gasteiger partial charge < -0.3 is 5.73 Å². The van der Waals surface area contributed by atoms with Crippen molar-refractivity contribution < 1.29 is 4.79 Å². The molecule has 4 nitrogen and oxygen atoms in total. The van der Waals surface area contributed by atoms with Crippen LogP contribution in [-0.2, 0) is 4.79 Å². The van der Waals surface area contributed by atoms with Gasteiger partial charge in [-0.3, -0.25) is 4.79 Å². The van der Waals surface area contributed by atoms with Gasteiger partial charge in [0, 0.05) is 6.54 Å². The first kappa shape index (κ1) is 9.86.